The molecule has 1 saturated carbocycles. The van der Waals surface area contributed by atoms with Gasteiger partial charge in [0, 0.05) is 0 Å². The van der Waals surface area contributed by atoms with E-state index in [1.165, 1.54) is 0 Å². The first kappa shape index (κ1) is 10.8. The number of carbonyl (C=O) groups is 2. The maximum absolute atomic E-state index is 12.3. The number of carbonyl (C=O) groups excluding carboxylic acids is 2. The lowest BCUT2D eigenvalue weighted by atomic mass is 9.85. The summed E-state index contributed by atoms with van der Waals surface area (Å²) in [5.74, 6) is -2.46. The molecule has 6 heteroatoms. The molecule has 2 aliphatic carbocycles. The van der Waals surface area contributed by atoms with Crippen LogP contribution in [0.2, 0.25) is 0 Å². The van der Waals surface area contributed by atoms with E-state index < -0.39 is 36.4 Å². The third-order valence-electron chi connectivity index (χ3n) is 3.90. The summed E-state index contributed by atoms with van der Waals surface area (Å²) in [5.41, 5.74) is 0. The average molecular weight is 245 g/mol. The van der Waals surface area contributed by atoms with Gasteiger partial charge in [-0.2, -0.15) is 13.2 Å². The van der Waals surface area contributed by atoms with Crippen LogP contribution in [0.5, 0.6) is 0 Å². The number of hydrogen-bond donors (Lipinski definition) is 0. The van der Waals surface area contributed by atoms with Crippen molar-refractivity contribution in [1.29, 1.82) is 0 Å². The topological polar surface area (TPSA) is 37.4 Å². The molecule has 0 radical (unpaired) electrons. The molecule has 2 bridgehead atoms. The van der Waals surface area contributed by atoms with Crippen molar-refractivity contribution in [2.45, 2.75) is 12.6 Å². The zero-order chi connectivity index (χ0) is 12.4. The maximum Gasteiger partial charge on any atom is 0.406 e. The Morgan fingerprint density at radius 1 is 1.12 bits per heavy atom. The van der Waals surface area contributed by atoms with Gasteiger partial charge in [0.15, 0.2) is 0 Å². The molecule has 0 N–H and O–H groups in total. The Balaban J connectivity index is 1.88. The van der Waals surface area contributed by atoms with E-state index in [0.717, 1.165) is 6.42 Å². The summed E-state index contributed by atoms with van der Waals surface area (Å²) in [6, 6.07) is 0. The number of halogens is 3. The summed E-state index contributed by atoms with van der Waals surface area (Å²) in [4.78, 5) is 24.1. The minimum Gasteiger partial charge on any atom is -0.274 e. The number of rotatable bonds is 1. The van der Waals surface area contributed by atoms with E-state index in [4.69, 9.17) is 0 Å². The zero-order valence-corrected chi connectivity index (χ0v) is 8.78. The predicted molar refractivity (Wildman–Crippen MR) is 50.5 cm³/mol. The second-order valence-electron chi connectivity index (χ2n) is 4.88. The van der Waals surface area contributed by atoms with E-state index in [9.17, 15) is 22.8 Å². The van der Waals surface area contributed by atoms with Crippen molar-refractivity contribution in [2.24, 2.45) is 23.7 Å². The number of hydrogen-bond acceptors (Lipinski definition) is 2. The van der Waals surface area contributed by atoms with Crippen molar-refractivity contribution < 1.29 is 22.8 Å². The molecule has 2 amide bonds. The molecule has 0 aromatic heterocycles. The van der Waals surface area contributed by atoms with Crippen LogP contribution in [0.4, 0.5) is 13.2 Å². The normalized spacial score (nSPS) is 39.4. The quantitative estimate of drug-likeness (QED) is 0.516. The number of allylic oxidation sites excluding steroid dienone is 2. The molecule has 1 aliphatic heterocycles. The Bertz CT molecular complexity index is 399. The second-order valence-corrected chi connectivity index (χ2v) is 4.88. The number of fused-ring (bicyclic) bond motifs is 5. The highest BCUT2D eigenvalue weighted by Crippen LogP contribution is 2.52. The van der Waals surface area contributed by atoms with Crippen molar-refractivity contribution in [1.82, 2.24) is 4.90 Å². The van der Waals surface area contributed by atoms with Crippen LogP contribution in [0.3, 0.4) is 0 Å². The first-order chi connectivity index (χ1) is 7.88. The van der Waals surface area contributed by atoms with Crippen LogP contribution < -0.4 is 0 Å². The molecule has 17 heavy (non-hydrogen) atoms. The number of alkyl halides is 3. The maximum atomic E-state index is 12.3. The highest BCUT2D eigenvalue weighted by Gasteiger charge is 2.60. The fraction of sp³-hybridized carbons (Fsp3) is 0.636. The Hall–Kier alpha value is -1.33. The van der Waals surface area contributed by atoms with E-state index in [0.29, 0.717) is 4.90 Å². The molecular weight excluding hydrogens is 235 g/mol. The summed E-state index contributed by atoms with van der Waals surface area (Å²) in [6.07, 6.45) is -0.0781. The lowest BCUT2D eigenvalue weighted by molar-refractivity contribution is -0.167. The van der Waals surface area contributed by atoms with Crippen LogP contribution in [0.1, 0.15) is 6.42 Å². The SMILES string of the molecule is O=C1[C@H]2[C@H](C(=O)N1CC(F)(F)F)[C@H]1C=C[C@H]2C1. The molecule has 3 aliphatic rings. The molecular formula is C11H10F3NO2. The summed E-state index contributed by atoms with van der Waals surface area (Å²) >= 11 is 0. The van der Waals surface area contributed by atoms with Crippen molar-refractivity contribution in [3.8, 4) is 0 Å². The van der Waals surface area contributed by atoms with Gasteiger partial charge in [0.1, 0.15) is 6.54 Å². The van der Waals surface area contributed by atoms with Gasteiger partial charge >= 0.3 is 6.18 Å². The molecule has 3 nitrogen and oxygen atoms in total. The molecule has 0 spiro atoms. The van der Waals surface area contributed by atoms with Crippen molar-refractivity contribution >= 4 is 11.8 Å². The van der Waals surface area contributed by atoms with Gasteiger partial charge in [0.05, 0.1) is 11.8 Å². The average Bonchev–Trinajstić information content (AvgIpc) is 2.86. The largest absolute Gasteiger partial charge is 0.406 e. The third kappa shape index (κ3) is 1.42. The summed E-state index contributed by atoms with van der Waals surface area (Å²) in [7, 11) is 0. The van der Waals surface area contributed by atoms with Crippen LogP contribution in [0.25, 0.3) is 0 Å². The molecule has 1 heterocycles. The lowest BCUT2D eigenvalue weighted by Crippen LogP contribution is -2.40. The predicted octanol–water partition coefficient (Wildman–Crippen LogP) is 1.36. The Morgan fingerprint density at radius 3 is 2.00 bits per heavy atom. The number of imide groups is 1. The molecule has 3 rings (SSSR count). The van der Waals surface area contributed by atoms with Gasteiger partial charge in [-0.25, -0.2) is 0 Å². The minimum atomic E-state index is -4.52. The van der Waals surface area contributed by atoms with E-state index in [2.05, 4.69) is 0 Å². The highest BCUT2D eigenvalue weighted by molar-refractivity contribution is 6.06. The second kappa shape index (κ2) is 3.11. The molecule has 0 unspecified atom stereocenters. The lowest BCUT2D eigenvalue weighted by Gasteiger charge is -2.18. The van der Waals surface area contributed by atoms with E-state index in [-0.39, 0.29) is 11.8 Å². The Labute approximate surface area is 95.3 Å². The Morgan fingerprint density at radius 2 is 1.59 bits per heavy atom. The van der Waals surface area contributed by atoms with E-state index in [1.807, 2.05) is 12.2 Å². The zero-order valence-electron chi connectivity index (χ0n) is 8.78. The Kier molecular flexibility index (Phi) is 1.98. The monoisotopic (exact) mass is 245 g/mol. The van der Waals surface area contributed by atoms with Crippen molar-refractivity contribution in [3.05, 3.63) is 12.2 Å². The van der Waals surface area contributed by atoms with Crippen LogP contribution >= 0.6 is 0 Å². The molecule has 4 atom stereocenters. The first-order valence-corrected chi connectivity index (χ1v) is 5.49. The van der Waals surface area contributed by atoms with E-state index >= 15 is 0 Å². The van der Waals surface area contributed by atoms with Crippen molar-refractivity contribution in [3.63, 3.8) is 0 Å². The minimum absolute atomic E-state index is 0.0420. The molecule has 1 saturated heterocycles. The molecule has 0 aromatic carbocycles. The van der Waals surface area contributed by atoms with Gasteiger partial charge in [-0.3, -0.25) is 14.5 Å². The summed E-state index contributed by atoms with van der Waals surface area (Å²) in [6.45, 7) is -1.45. The van der Waals surface area contributed by atoms with Crippen molar-refractivity contribution in [2.75, 3.05) is 6.54 Å². The number of amides is 2. The van der Waals surface area contributed by atoms with Gasteiger partial charge in [-0.05, 0) is 18.3 Å². The fourth-order valence-corrected chi connectivity index (χ4v) is 3.30. The van der Waals surface area contributed by atoms with Crippen LogP contribution in [-0.4, -0.2) is 29.4 Å². The van der Waals surface area contributed by atoms with Gasteiger partial charge in [-0.15, -0.1) is 0 Å². The van der Waals surface area contributed by atoms with Gasteiger partial charge < -0.3 is 0 Å². The first-order valence-electron chi connectivity index (χ1n) is 5.49. The summed E-state index contributed by atoms with van der Waals surface area (Å²) in [5, 5.41) is 0. The molecule has 0 aromatic rings. The van der Waals surface area contributed by atoms with Crippen LogP contribution in [0, 0.1) is 23.7 Å². The molecule has 92 valence electrons. The van der Waals surface area contributed by atoms with Gasteiger partial charge in [0.2, 0.25) is 11.8 Å². The molecule has 2 fully saturated rings. The number of likely N-dealkylation sites (tertiary alicyclic amines) is 1. The summed E-state index contributed by atoms with van der Waals surface area (Å²) < 4.78 is 36.8. The van der Waals surface area contributed by atoms with Gasteiger partial charge in [-0.1, -0.05) is 12.2 Å². The standard InChI is InChI=1S/C11H10F3NO2/c12-11(13,14)4-15-9(16)7-5-1-2-6(3-5)8(7)10(15)17/h1-2,5-8H,3-4H2/t5-,6-,7+,8+/m0/s1. The van der Waals surface area contributed by atoms with E-state index in [1.54, 1.807) is 0 Å². The van der Waals surface area contributed by atoms with Gasteiger partial charge in [0.25, 0.3) is 0 Å². The third-order valence-corrected chi connectivity index (χ3v) is 3.90. The smallest absolute Gasteiger partial charge is 0.274 e. The van der Waals surface area contributed by atoms with Crippen LogP contribution in [-0.2, 0) is 9.59 Å². The number of nitrogens with zero attached hydrogens (tertiary/aromatic N) is 1. The highest BCUT2D eigenvalue weighted by atomic mass is 19.4. The van der Waals surface area contributed by atoms with Crippen LogP contribution in [0.15, 0.2) is 12.2 Å². The fourth-order valence-electron chi connectivity index (χ4n) is 3.30.